The molecule has 0 atom stereocenters. The van der Waals surface area contributed by atoms with Crippen LogP contribution in [0.15, 0.2) is 0 Å². The molecule has 2 aliphatic carbocycles. The fourth-order valence-electron chi connectivity index (χ4n) is 2.62. The lowest BCUT2D eigenvalue weighted by Crippen LogP contribution is -2.45. The van der Waals surface area contributed by atoms with Gasteiger partial charge in [0.15, 0.2) is 0 Å². The van der Waals surface area contributed by atoms with E-state index < -0.39 is 0 Å². The molecule has 2 rings (SSSR count). The van der Waals surface area contributed by atoms with Gasteiger partial charge in [0.05, 0.1) is 12.0 Å². The van der Waals surface area contributed by atoms with E-state index >= 15 is 0 Å². The number of esters is 1. The second-order valence-electron chi connectivity index (χ2n) is 5.09. The van der Waals surface area contributed by atoms with Crippen molar-refractivity contribution in [2.24, 2.45) is 17.1 Å². The van der Waals surface area contributed by atoms with Crippen LogP contribution in [0.25, 0.3) is 0 Å². The van der Waals surface area contributed by atoms with Gasteiger partial charge >= 0.3 is 5.97 Å². The van der Waals surface area contributed by atoms with Crippen molar-refractivity contribution in [1.82, 2.24) is 0 Å². The van der Waals surface area contributed by atoms with Crippen LogP contribution in [0.3, 0.4) is 0 Å². The molecule has 0 aromatic carbocycles. The lowest BCUT2D eigenvalue weighted by atomic mass is 9.69. The number of ether oxygens (including phenoxy) is 1. The Kier molecular flexibility index (Phi) is 3.29. The molecule has 3 heteroatoms. The van der Waals surface area contributed by atoms with E-state index in [0.717, 1.165) is 19.3 Å². The molecule has 2 N–H and O–H groups in total. The molecule has 2 fully saturated rings. The molecule has 0 aromatic heterocycles. The monoisotopic (exact) mass is 211 g/mol. The molecule has 0 amide bonds. The number of hydrogen-bond donors (Lipinski definition) is 1. The van der Waals surface area contributed by atoms with Crippen molar-refractivity contribution in [3.8, 4) is 0 Å². The van der Waals surface area contributed by atoms with Crippen LogP contribution in [-0.4, -0.2) is 19.1 Å². The SMILES string of the molecule is NCC1(C(=O)OCC2CCCC2)CCC1. The standard InChI is InChI=1S/C12H21NO2/c13-9-12(6-3-7-12)11(14)15-8-10-4-1-2-5-10/h10H,1-9,13H2. The normalized spacial score (nSPS) is 24.9. The van der Waals surface area contributed by atoms with E-state index in [2.05, 4.69) is 0 Å². The van der Waals surface area contributed by atoms with E-state index in [1.807, 2.05) is 0 Å². The fourth-order valence-corrected chi connectivity index (χ4v) is 2.62. The second-order valence-corrected chi connectivity index (χ2v) is 5.09. The van der Waals surface area contributed by atoms with Gasteiger partial charge in [-0.05, 0) is 31.6 Å². The molecule has 86 valence electrons. The first-order valence-corrected chi connectivity index (χ1v) is 6.14. The molecule has 0 aliphatic heterocycles. The third kappa shape index (κ3) is 2.17. The van der Waals surface area contributed by atoms with E-state index in [1.54, 1.807) is 0 Å². The van der Waals surface area contributed by atoms with Crippen LogP contribution >= 0.6 is 0 Å². The molecule has 0 unspecified atom stereocenters. The van der Waals surface area contributed by atoms with Crippen LogP contribution in [0.5, 0.6) is 0 Å². The lowest BCUT2D eigenvalue weighted by molar-refractivity contribution is -0.162. The van der Waals surface area contributed by atoms with Gasteiger partial charge in [-0.25, -0.2) is 0 Å². The van der Waals surface area contributed by atoms with Crippen LogP contribution in [0.4, 0.5) is 0 Å². The van der Waals surface area contributed by atoms with Gasteiger partial charge in [-0.3, -0.25) is 4.79 Å². The number of nitrogens with two attached hydrogens (primary N) is 1. The fraction of sp³-hybridized carbons (Fsp3) is 0.917. The first-order valence-electron chi connectivity index (χ1n) is 6.14. The number of carbonyl (C=O) groups excluding carboxylic acids is 1. The summed E-state index contributed by atoms with van der Waals surface area (Å²) in [6.45, 7) is 1.08. The van der Waals surface area contributed by atoms with Gasteiger partial charge in [0.25, 0.3) is 0 Å². The highest BCUT2D eigenvalue weighted by Gasteiger charge is 2.44. The smallest absolute Gasteiger partial charge is 0.313 e. The van der Waals surface area contributed by atoms with Gasteiger partial charge in [-0.2, -0.15) is 0 Å². The molecule has 15 heavy (non-hydrogen) atoms. The Morgan fingerprint density at radius 2 is 1.93 bits per heavy atom. The Hall–Kier alpha value is -0.570. The predicted molar refractivity (Wildman–Crippen MR) is 58.3 cm³/mol. The molecule has 0 heterocycles. The summed E-state index contributed by atoms with van der Waals surface area (Å²) in [6.07, 6.45) is 8.01. The number of rotatable bonds is 4. The van der Waals surface area contributed by atoms with Gasteiger partial charge in [-0.15, -0.1) is 0 Å². The molecular formula is C12H21NO2. The van der Waals surface area contributed by atoms with E-state index in [4.69, 9.17) is 10.5 Å². The minimum absolute atomic E-state index is 0.0387. The van der Waals surface area contributed by atoms with Gasteiger partial charge in [-0.1, -0.05) is 19.3 Å². The highest BCUT2D eigenvalue weighted by Crippen LogP contribution is 2.41. The Bertz CT molecular complexity index is 224. The van der Waals surface area contributed by atoms with Gasteiger partial charge in [0.1, 0.15) is 0 Å². The van der Waals surface area contributed by atoms with Crippen molar-refractivity contribution < 1.29 is 9.53 Å². The van der Waals surface area contributed by atoms with Crippen molar-refractivity contribution in [3.63, 3.8) is 0 Å². The van der Waals surface area contributed by atoms with Gasteiger partial charge in [0, 0.05) is 6.54 Å². The van der Waals surface area contributed by atoms with Gasteiger partial charge in [0.2, 0.25) is 0 Å². The molecule has 3 nitrogen and oxygen atoms in total. The highest BCUT2D eigenvalue weighted by molar-refractivity contribution is 5.78. The average Bonchev–Trinajstić information content (AvgIpc) is 2.66. The first kappa shape index (κ1) is 10.9. The molecule has 0 saturated heterocycles. The Morgan fingerprint density at radius 3 is 2.40 bits per heavy atom. The van der Waals surface area contributed by atoms with Crippen LogP contribution < -0.4 is 5.73 Å². The Balaban J connectivity index is 1.76. The zero-order valence-electron chi connectivity index (χ0n) is 9.34. The van der Waals surface area contributed by atoms with Crippen LogP contribution in [0.1, 0.15) is 44.9 Å². The summed E-state index contributed by atoms with van der Waals surface area (Å²) in [5.74, 6) is 0.576. The predicted octanol–water partition coefficient (Wildman–Crippen LogP) is 1.85. The first-order chi connectivity index (χ1) is 7.27. The second kappa shape index (κ2) is 4.52. The summed E-state index contributed by atoms with van der Waals surface area (Å²) < 4.78 is 5.41. The van der Waals surface area contributed by atoms with Crippen LogP contribution in [0.2, 0.25) is 0 Å². The quantitative estimate of drug-likeness (QED) is 0.722. The topological polar surface area (TPSA) is 52.3 Å². The van der Waals surface area contributed by atoms with Crippen molar-refractivity contribution in [3.05, 3.63) is 0 Å². The summed E-state index contributed by atoms with van der Waals surface area (Å²) in [5.41, 5.74) is 5.35. The van der Waals surface area contributed by atoms with Crippen molar-refractivity contribution in [2.75, 3.05) is 13.2 Å². The summed E-state index contributed by atoms with van der Waals surface area (Å²) in [4.78, 5) is 11.8. The summed E-state index contributed by atoms with van der Waals surface area (Å²) in [6, 6.07) is 0. The van der Waals surface area contributed by atoms with Crippen LogP contribution in [0, 0.1) is 11.3 Å². The minimum Gasteiger partial charge on any atom is -0.465 e. The molecule has 0 spiro atoms. The van der Waals surface area contributed by atoms with Gasteiger partial charge < -0.3 is 10.5 Å². The van der Waals surface area contributed by atoms with Crippen molar-refractivity contribution in [2.45, 2.75) is 44.9 Å². The highest BCUT2D eigenvalue weighted by atomic mass is 16.5. The largest absolute Gasteiger partial charge is 0.465 e. The van der Waals surface area contributed by atoms with E-state index in [0.29, 0.717) is 19.1 Å². The molecule has 0 bridgehead atoms. The summed E-state index contributed by atoms with van der Waals surface area (Å²) in [7, 11) is 0. The molecule has 0 aromatic rings. The van der Waals surface area contributed by atoms with E-state index in [1.165, 1.54) is 25.7 Å². The summed E-state index contributed by atoms with van der Waals surface area (Å²) >= 11 is 0. The maximum absolute atomic E-state index is 11.8. The third-order valence-corrected chi connectivity index (χ3v) is 4.06. The maximum Gasteiger partial charge on any atom is 0.313 e. The van der Waals surface area contributed by atoms with E-state index in [9.17, 15) is 4.79 Å². The molecule has 0 radical (unpaired) electrons. The Labute approximate surface area is 91.4 Å². The number of carbonyl (C=O) groups is 1. The zero-order valence-corrected chi connectivity index (χ0v) is 9.34. The average molecular weight is 211 g/mol. The molecular weight excluding hydrogens is 190 g/mol. The summed E-state index contributed by atoms with van der Waals surface area (Å²) in [5, 5.41) is 0. The Morgan fingerprint density at radius 1 is 1.27 bits per heavy atom. The zero-order chi connectivity index (χ0) is 10.7. The van der Waals surface area contributed by atoms with E-state index in [-0.39, 0.29) is 11.4 Å². The number of hydrogen-bond acceptors (Lipinski definition) is 3. The minimum atomic E-state index is -0.307. The molecule has 2 saturated carbocycles. The molecule has 2 aliphatic rings. The van der Waals surface area contributed by atoms with Crippen molar-refractivity contribution in [1.29, 1.82) is 0 Å². The van der Waals surface area contributed by atoms with Crippen LogP contribution in [-0.2, 0) is 9.53 Å². The third-order valence-electron chi connectivity index (χ3n) is 4.06. The lowest BCUT2D eigenvalue weighted by Gasteiger charge is -2.38. The maximum atomic E-state index is 11.8. The van der Waals surface area contributed by atoms with Crippen molar-refractivity contribution >= 4 is 5.97 Å².